The Labute approximate surface area is 145 Å². The first-order chi connectivity index (χ1) is 9.16. The molecule has 0 aliphatic carbocycles. The van der Waals surface area contributed by atoms with Gasteiger partial charge in [0.15, 0.2) is 0 Å². The molecule has 4 nitrogen and oxygen atoms in total. The van der Waals surface area contributed by atoms with Crippen molar-refractivity contribution in [2.45, 2.75) is 72.6 Å². The maximum absolute atomic E-state index is 8.07. The third-order valence-electron chi connectivity index (χ3n) is 1.76. The van der Waals surface area contributed by atoms with Gasteiger partial charge in [-0.25, -0.2) is 0 Å². The second-order valence-electron chi connectivity index (χ2n) is 3.96. The third-order valence-corrected chi connectivity index (χ3v) is 1.76. The van der Waals surface area contributed by atoms with Crippen LogP contribution in [0.25, 0.3) is 0 Å². The van der Waals surface area contributed by atoms with Gasteiger partial charge in [0.1, 0.15) is 0 Å². The summed E-state index contributed by atoms with van der Waals surface area (Å²) in [6.45, 7) is 9.44. The molecule has 0 fully saturated rings. The van der Waals surface area contributed by atoms with Gasteiger partial charge in [-0.3, -0.25) is 0 Å². The largest absolute Gasteiger partial charge is 0.396 e. The molecule has 0 aromatic rings. The van der Waals surface area contributed by atoms with Gasteiger partial charge in [-0.1, -0.05) is 47.0 Å². The molecule has 4 N–H and O–H groups in total. The number of aliphatic hydroxyl groups is 4. The summed E-state index contributed by atoms with van der Waals surface area (Å²) in [6.07, 6.45) is 6.99. The van der Waals surface area contributed by atoms with Crippen LogP contribution in [-0.4, -0.2) is 46.9 Å². The molecule has 0 radical (unpaired) electrons. The Morgan fingerprint density at radius 2 is 0.650 bits per heavy atom. The van der Waals surface area contributed by atoms with Gasteiger partial charge in [0.05, 0.1) is 0 Å². The maximum Gasteiger partial charge on any atom is 0.0430 e. The maximum atomic E-state index is 8.07. The number of unbranched alkanes of at least 4 members (excludes halogenated alkanes) is 3. The van der Waals surface area contributed by atoms with E-state index in [9.17, 15) is 0 Å². The van der Waals surface area contributed by atoms with Crippen molar-refractivity contribution in [1.29, 1.82) is 0 Å². The van der Waals surface area contributed by atoms with Crippen molar-refractivity contribution < 1.29 is 46.6 Å². The Balaban J connectivity index is -0.0000000494. The molecule has 0 amide bonds. The average molecular weight is 374 g/mol. The number of hydrogen-bond acceptors (Lipinski definition) is 4. The number of rotatable bonds is 7. The molecule has 0 rings (SSSR count). The molecule has 0 aliphatic heterocycles. The summed E-state index contributed by atoms with van der Waals surface area (Å²) in [6, 6.07) is 0. The van der Waals surface area contributed by atoms with Crippen LogP contribution in [0.15, 0.2) is 0 Å². The van der Waals surface area contributed by atoms with E-state index in [1.165, 1.54) is 0 Å². The van der Waals surface area contributed by atoms with Crippen LogP contribution < -0.4 is 0 Å². The monoisotopic (exact) mass is 372 g/mol. The van der Waals surface area contributed by atoms with Crippen molar-refractivity contribution in [2.75, 3.05) is 26.4 Å². The number of hydrogen-bond donors (Lipinski definition) is 4. The summed E-state index contributed by atoms with van der Waals surface area (Å²) in [4.78, 5) is 0. The predicted octanol–water partition coefficient (Wildman–Crippen LogP) is 2.72. The van der Waals surface area contributed by atoms with Crippen LogP contribution in [0.5, 0.6) is 0 Å². The van der Waals surface area contributed by atoms with Crippen molar-refractivity contribution in [3.63, 3.8) is 0 Å². The minimum atomic E-state index is 0. The van der Waals surface area contributed by atoms with E-state index >= 15 is 0 Å². The fourth-order valence-electron chi connectivity index (χ4n) is 0.474. The van der Waals surface area contributed by atoms with Gasteiger partial charge in [-0.15, -0.1) is 0 Å². The van der Waals surface area contributed by atoms with E-state index in [0.29, 0.717) is 26.4 Å². The molecule has 20 heavy (non-hydrogen) atoms. The second kappa shape index (κ2) is 50.3. The Morgan fingerprint density at radius 3 is 0.650 bits per heavy atom. The fourth-order valence-corrected chi connectivity index (χ4v) is 0.474. The van der Waals surface area contributed by atoms with Crippen LogP contribution in [0.1, 0.15) is 72.6 Å². The molecule has 0 heterocycles. The van der Waals surface area contributed by atoms with E-state index < -0.39 is 0 Å². The molecule has 0 saturated heterocycles. The summed E-state index contributed by atoms with van der Waals surface area (Å²) in [5, 5.41) is 32.1. The van der Waals surface area contributed by atoms with Gasteiger partial charge in [-0.05, 0) is 25.7 Å². The Kier molecular flexibility index (Phi) is 82.0. The van der Waals surface area contributed by atoms with Crippen LogP contribution in [0.2, 0.25) is 0 Å². The first-order valence-corrected chi connectivity index (χ1v) is 7.59. The SMILES string of the molecule is CCCCO.CCCCO.CCCCO.CCCO.[Zr]. The van der Waals surface area contributed by atoms with E-state index in [1.54, 1.807) is 0 Å². The summed E-state index contributed by atoms with van der Waals surface area (Å²) < 4.78 is 0. The van der Waals surface area contributed by atoms with Crippen LogP contribution in [0.3, 0.4) is 0 Å². The molecule has 0 aromatic carbocycles. The van der Waals surface area contributed by atoms with E-state index in [0.717, 1.165) is 44.9 Å². The summed E-state index contributed by atoms with van der Waals surface area (Å²) in [7, 11) is 0. The van der Waals surface area contributed by atoms with Crippen molar-refractivity contribution in [1.82, 2.24) is 0 Å². The quantitative estimate of drug-likeness (QED) is 0.553. The van der Waals surface area contributed by atoms with E-state index in [4.69, 9.17) is 20.4 Å². The zero-order valence-electron chi connectivity index (χ0n) is 14.1. The predicted molar refractivity (Wildman–Crippen MR) is 83.4 cm³/mol. The van der Waals surface area contributed by atoms with Crippen molar-refractivity contribution in [3.8, 4) is 0 Å². The normalized spacial score (nSPS) is 7.80. The van der Waals surface area contributed by atoms with Gasteiger partial charge in [0.2, 0.25) is 0 Å². The summed E-state index contributed by atoms with van der Waals surface area (Å²) >= 11 is 0. The average Bonchev–Trinajstić information content (AvgIpc) is 2.43. The first-order valence-electron chi connectivity index (χ1n) is 7.59. The zero-order chi connectivity index (χ0) is 15.8. The second-order valence-corrected chi connectivity index (χ2v) is 3.96. The minimum Gasteiger partial charge on any atom is -0.396 e. The van der Waals surface area contributed by atoms with Crippen LogP contribution in [0.4, 0.5) is 0 Å². The summed E-state index contributed by atoms with van der Waals surface area (Å²) in [5.41, 5.74) is 0. The van der Waals surface area contributed by atoms with Crippen molar-refractivity contribution in [2.24, 2.45) is 0 Å². The molecule has 0 bridgehead atoms. The molecular formula is C15H38O4Zr. The topological polar surface area (TPSA) is 80.9 Å². The van der Waals surface area contributed by atoms with Crippen molar-refractivity contribution in [3.05, 3.63) is 0 Å². The van der Waals surface area contributed by atoms with Gasteiger partial charge < -0.3 is 20.4 Å². The third kappa shape index (κ3) is 98.6. The van der Waals surface area contributed by atoms with Gasteiger partial charge in [0, 0.05) is 52.6 Å². The molecule has 0 saturated carbocycles. The van der Waals surface area contributed by atoms with Crippen LogP contribution in [-0.2, 0) is 26.2 Å². The van der Waals surface area contributed by atoms with Gasteiger partial charge >= 0.3 is 0 Å². The molecule has 126 valence electrons. The Morgan fingerprint density at radius 1 is 0.450 bits per heavy atom. The van der Waals surface area contributed by atoms with Crippen LogP contribution >= 0.6 is 0 Å². The fraction of sp³-hybridized carbons (Fsp3) is 1.00. The van der Waals surface area contributed by atoms with Crippen LogP contribution in [0, 0.1) is 0 Å². The smallest absolute Gasteiger partial charge is 0.0430 e. The molecule has 0 spiro atoms. The molecule has 0 aliphatic rings. The Bertz CT molecular complexity index is 73.7. The zero-order valence-corrected chi connectivity index (χ0v) is 16.5. The first kappa shape index (κ1) is 32.6. The van der Waals surface area contributed by atoms with Gasteiger partial charge in [0.25, 0.3) is 0 Å². The standard InChI is InChI=1S/3C4H10O.C3H8O.Zr/c3*1-2-3-4-5;1-2-3-4;/h3*5H,2-4H2,1H3;4H,2-3H2,1H3;. The molecule has 5 heteroatoms. The molecular weight excluding hydrogens is 335 g/mol. The van der Waals surface area contributed by atoms with Crippen molar-refractivity contribution >= 4 is 0 Å². The van der Waals surface area contributed by atoms with E-state index in [1.807, 2.05) is 6.92 Å². The van der Waals surface area contributed by atoms with Gasteiger partial charge in [-0.2, -0.15) is 0 Å². The molecule has 0 atom stereocenters. The van der Waals surface area contributed by atoms with E-state index in [-0.39, 0.29) is 26.2 Å². The molecule has 0 aromatic heterocycles. The Hall–Kier alpha value is 0.723. The number of aliphatic hydroxyl groups excluding tert-OH is 4. The summed E-state index contributed by atoms with van der Waals surface area (Å²) in [5.74, 6) is 0. The van der Waals surface area contributed by atoms with E-state index in [2.05, 4.69) is 20.8 Å². The minimum absolute atomic E-state index is 0. The molecule has 0 unspecified atom stereocenters.